The average molecular weight is 340 g/mol. The van der Waals surface area contributed by atoms with E-state index in [4.69, 9.17) is 14.5 Å². The summed E-state index contributed by atoms with van der Waals surface area (Å²) in [5.74, 6) is 1.68. The van der Waals surface area contributed by atoms with Crippen molar-refractivity contribution in [3.05, 3.63) is 0 Å². The van der Waals surface area contributed by atoms with Crippen molar-refractivity contribution in [2.75, 3.05) is 46.0 Å². The van der Waals surface area contributed by atoms with E-state index >= 15 is 0 Å². The van der Waals surface area contributed by atoms with Gasteiger partial charge in [0.15, 0.2) is 5.96 Å². The molecule has 1 aliphatic carbocycles. The maximum atomic E-state index is 6.05. The zero-order chi connectivity index (χ0) is 17.0. The first-order valence-corrected chi connectivity index (χ1v) is 10.1. The number of nitrogens with one attached hydrogen (secondary N) is 1. The largest absolute Gasteiger partial charge is 0.381 e. The summed E-state index contributed by atoms with van der Waals surface area (Å²) >= 11 is 0. The number of ether oxygens (including phenoxy) is 2. The third-order valence-electron chi connectivity index (χ3n) is 4.99. The molecule has 140 valence electrons. The Morgan fingerprint density at radius 2 is 1.92 bits per heavy atom. The van der Waals surface area contributed by atoms with Crippen LogP contribution in [0.15, 0.2) is 4.99 Å². The van der Waals surface area contributed by atoms with Gasteiger partial charge >= 0.3 is 0 Å². The molecule has 1 saturated carbocycles. The lowest BCUT2D eigenvalue weighted by atomic mass is 10.1. The quantitative estimate of drug-likeness (QED) is 0.319. The Bertz CT molecular complexity index is 355. The lowest BCUT2D eigenvalue weighted by Gasteiger charge is -2.22. The van der Waals surface area contributed by atoms with E-state index in [0.29, 0.717) is 12.0 Å². The van der Waals surface area contributed by atoms with Gasteiger partial charge in [-0.05, 0) is 33.1 Å². The molecule has 5 nitrogen and oxygen atoms in total. The molecular formula is C19H37N3O2. The molecule has 1 atom stereocenters. The van der Waals surface area contributed by atoms with E-state index in [9.17, 15) is 0 Å². The molecule has 0 aromatic heterocycles. The van der Waals surface area contributed by atoms with Gasteiger partial charge in [-0.15, -0.1) is 0 Å². The van der Waals surface area contributed by atoms with E-state index in [1.165, 1.54) is 44.9 Å². The molecule has 1 aliphatic heterocycles. The van der Waals surface area contributed by atoms with Crippen molar-refractivity contribution >= 4 is 5.96 Å². The Kier molecular flexibility index (Phi) is 9.51. The highest BCUT2D eigenvalue weighted by Crippen LogP contribution is 2.20. The van der Waals surface area contributed by atoms with Crippen LogP contribution in [0.25, 0.3) is 0 Å². The topological polar surface area (TPSA) is 46.1 Å². The first kappa shape index (κ1) is 19.5. The Morgan fingerprint density at radius 1 is 1.12 bits per heavy atom. The minimum atomic E-state index is 0.465. The maximum absolute atomic E-state index is 6.05. The molecule has 0 radical (unpaired) electrons. The number of hydrogen-bond acceptors (Lipinski definition) is 3. The molecule has 24 heavy (non-hydrogen) atoms. The van der Waals surface area contributed by atoms with Crippen molar-refractivity contribution in [2.24, 2.45) is 10.9 Å². The van der Waals surface area contributed by atoms with Crippen molar-refractivity contribution < 1.29 is 9.47 Å². The van der Waals surface area contributed by atoms with E-state index in [0.717, 1.165) is 52.0 Å². The van der Waals surface area contributed by atoms with Gasteiger partial charge in [0.25, 0.3) is 0 Å². The first-order chi connectivity index (χ1) is 11.8. The second-order valence-corrected chi connectivity index (χ2v) is 6.98. The van der Waals surface area contributed by atoms with Crippen LogP contribution in [-0.2, 0) is 9.47 Å². The van der Waals surface area contributed by atoms with Gasteiger partial charge in [0, 0.05) is 32.2 Å². The van der Waals surface area contributed by atoms with Crippen molar-refractivity contribution in [3.8, 4) is 0 Å². The van der Waals surface area contributed by atoms with Crippen molar-refractivity contribution in [3.63, 3.8) is 0 Å². The van der Waals surface area contributed by atoms with Crippen LogP contribution in [0, 0.1) is 5.92 Å². The van der Waals surface area contributed by atoms with E-state index < -0.39 is 0 Å². The van der Waals surface area contributed by atoms with Gasteiger partial charge in [0.2, 0.25) is 0 Å². The molecular weight excluding hydrogens is 302 g/mol. The van der Waals surface area contributed by atoms with Crippen molar-refractivity contribution in [1.82, 2.24) is 10.2 Å². The highest BCUT2D eigenvalue weighted by molar-refractivity contribution is 5.80. The molecule has 1 N–H and O–H groups in total. The van der Waals surface area contributed by atoms with Gasteiger partial charge in [0.1, 0.15) is 0 Å². The van der Waals surface area contributed by atoms with E-state index in [-0.39, 0.29) is 0 Å². The monoisotopic (exact) mass is 339 g/mol. The SMILES string of the molecule is CCNC(=NCCOC1CCCCCC1)N1CCC(COCC)C1. The Morgan fingerprint density at radius 3 is 2.62 bits per heavy atom. The Hall–Kier alpha value is -0.810. The zero-order valence-corrected chi connectivity index (χ0v) is 15.8. The van der Waals surface area contributed by atoms with Gasteiger partial charge in [0.05, 0.1) is 25.9 Å². The van der Waals surface area contributed by atoms with E-state index in [1.54, 1.807) is 0 Å². The summed E-state index contributed by atoms with van der Waals surface area (Å²) in [6, 6.07) is 0. The number of guanidine groups is 1. The average Bonchev–Trinajstić information content (AvgIpc) is 2.91. The third kappa shape index (κ3) is 6.98. The second kappa shape index (κ2) is 11.7. The van der Waals surface area contributed by atoms with Crippen LogP contribution in [0.5, 0.6) is 0 Å². The lowest BCUT2D eigenvalue weighted by Crippen LogP contribution is -2.40. The van der Waals surface area contributed by atoms with Crippen molar-refractivity contribution in [2.45, 2.75) is 64.9 Å². The fourth-order valence-electron chi connectivity index (χ4n) is 3.65. The second-order valence-electron chi connectivity index (χ2n) is 6.98. The number of aliphatic imine (C=N–C) groups is 1. The summed E-state index contributed by atoms with van der Waals surface area (Å²) in [6.45, 7) is 10.4. The van der Waals surface area contributed by atoms with Gasteiger partial charge < -0.3 is 19.7 Å². The Labute approximate surface area is 148 Å². The summed E-state index contributed by atoms with van der Waals surface area (Å²) in [6.07, 6.45) is 9.53. The molecule has 2 rings (SSSR count). The molecule has 0 spiro atoms. The van der Waals surface area contributed by atoms with E-state index in [1.807, 2.05) is 0 Å². The normalized spacial score (nSPS) is 23.5. The predicted molar refractivity (Wildman–Crippen MR) is 99.6 cm³/mol. The zero-order valence-electron chi connectivity index (χ0n) is 15.8. The third-order valence-corrected chi connectivity index (χ3v) is 4.99. The molecule has 1 unspecified atom stereocenters. The predicted octanol–water partition coefficient (Wildman–Crippen LogP) is 3.05. The summed E-state index contributed by atoms with van der Waals surface area (Å²) in [4.78, 5) is 7.16. The van der Waals surface area contributed by atoms with Crippen LogP contribution in [0.2, 0.25) is 0 Å². The smallest absolute Gasteiger partial charge is 0.194 e. The molecule has 2 fully saturated rings. The summed E-state index contributed by atoms with van der Waals surface area (Å²) < 4.78 is 11.6. The van der Waals surface area contributed by atoms with Gasteiger partial charge in [-0.1, -0.05) is 25.7 Å². The minimum absolute atomic E-state index is 0.465. The molecule has 2 aliphatic rings. The van der Waals surface area contributed by atoms with E-state index in [2.05, 4.69) is 24.1 Å². The summed E-state index contributed by atoms with van der Waals surface area (Å²) in [5, 5.41) is 3.43. The first-order valence-electron chi connectivity index (χ1n) is 10.1. The minimum Gasteiger partial charge on any atom is -0.381 e. The number of likely N-dealkylation sites (tertiary alicyclic amines) is 1. The fourth-order valence-corrected chi connectivity index (χ4v) is 3.65. The molecule has 0 amide bonds. The molecule has 1 saturated heterocycles. The van der Waals surface area contributed by atoms with Crippen molar-refractivity contribution in [1.29, 1.82) is 0 Å². The molecule has 5 heteroatoms. The maximum Gasteiger partial charge on any atom is 0.194 e. The van der Waals surface area contributed by atoms with Gasteiger partial charge in [-0.3, -0.25) is 4.99 Å². The highest BCUT2D eigenvalue weighted by Gasteiger charge is 2.24. The van der Waals surface area contributed by atoms with Crippen LogP contribution < -0.4 is 5.32 Å². The number of nitrogens with zero attached hydrogens (tertiary/aromatic N) is 2. The van der Waals surface area contributed by atoms with Crippen LogP contribution in [0.3, 0.4) is 0 Å². The summed E-state index contributed by atoms with van der Waals surface area (Å²) in [5.41, 5.74) is 0. The van der Waals surface area contributed by atoms with Crippen LogP contribution in [0.1, 0.15) is 58.8 Å². The lowest BCUT2D eigenvalue weighted by molar-refractivity contribution is 0.0486. The number of rotatable bonds is 8. The fraction of sp³-hybridized carbons (Fsp3) is 0.947. The van der Waals surface area contributed by atoms with Gasteiger partial charge in [-0.2, -0.15) is 0 Å². The van der Waals surface area contributed by atoms with Crippen LogP contribution in [-0.4, -0.2) is 63.0 Å². The molecule has 0 aromatic rings. The summed E-state index contributed by atoms with van der Waals surface area (Å²) in [7, 11) is 0. The van der Waals surface area contributed by atoms with Crippen LogP contribution in [0.4, 0.5) is 0 Å². The van der Waals surface area contributed by atoms with Crippen LogP contribution >= 0.6 is 0 Å². The highest BCUT2D eigenvalue weighted by atomic mass is 16.5. The Balaban J connectivity index is 1.72. The van der Waals surface area contributed by atoms with Gasteiger partial charge in [-0.25, -0.2) is 0 Å². The molecule has 0 aromatic carbocycles. The molecule has 1 heterocycles. The standard InChI is InChI=1S/C19H37N3O2/c1-3-20-19(22-13-11-17(15-22)16-23-4-2)21-12-14-24-18-9-7-5-6-8-10-18/h17-18H,3-16H2,1-2H3,(H,20,21). The number of hydrogen-bond donors (Lipinski definition) is 1. The molecule has 0 bridgehead atoms.